The highest BCUT2D eigenvalue weighted by atomic mass is 16.6. The average Bonchev–Trinajstić information content (AvgIpc) is 3.68. The maximum absolute atomic E-state index is 13.4. The highest BCUT2D eigenvalue weighted by Gasteiger charge is 2.31. The standard InChI is InChI=1S/C30H30N6O6/c1-3-40-29(38)26-33-28(42-35-26)24(14-18-12-17(2)25-21(13-18)16-31-34-25)41-30(39)36-10-8-19(9-11-36)22-15-20-6-4-5-7-23(20)32-27(22)37/h4-7,12-13,15-16,19,24H,3,8-11,14H2,1-2H3,(H,31,34)(H,32,37). The highest BCUT2D eigenvalue weighted by Crippen LogP contribution is 2.30. The number of hydrogen-bond donors (Lipinski definition) is 2. The Morgan fingerprint density at radius 2 is 1.95 bits per heavy atom. The first kappa shape index (κ1) is 27.2. The summed E-state index contributed by atoms with van der Waals surface area (Å²) < 4.78 is 16.3. The predicted molar refractivity (Wildman–Crippen MR) is 152 cm³/mol. The third-order valence-corrected chi connectivity index (χ3v) is 7.62. The highest BCUT2D eigenvalue weighted by molar-refractivity contribution is 5.85. The molecule has 216 valence electrons. The summed E-state index contributed by atoms with van der Waals surface area (Å²) in [4.78, 5) is 47.1. The number of H-pyrrole nitrogens is 2. The Labute approximate surface area is 240 Å². The minimum Gasteiger partial charge on any atom is -0.460 e. The van der Waals surface area contributed by atoms with Gasteiger partial charge in [0.1, 0.15) is 0 Å². The van der Waals surface area contributed by atoms with Crippen LogP contribution in [0.2, 0.25) is 0 Å². The van der Waals surface area contributed by atoms with Crippen LogP contribution in [-0.2, 0) is 15.9 Å². The number of hydrogen-bond acceptors (Lipinski definition) is 9. The lowest BCUT2D eigenvalue weighted by Gasteiger charge is -2.32. The molecule has 4 heterocycles. The summed E-state index contributed by atoms with van der Waals surface area (Å²) in [5.74, 6) is -0.949. The van der Waals surface area contributed by atoms with Crippen molar-refractivity contribution in [2.45, 2.75) is 45.1 Å². The quantitative estimate of drug-likeness (QED) is 0.268. The van der Waals surface area contributed by atoms with E-state index in [1.54, 1.807) is 18.0 Å². The molecule has 0 saturated carbocycles. The minimum absolute atomic E-state index is 0.00562. The maximum atomic E-state index is 13.4. The number of aryl methyl sites for hydroxylation is 1. The van der Waals surface area contributed by atoms with Crippen molar-refractivity contribution in [1.82, 2.24) is 30.2 Å². The lowest BCUT2D eigenvalue weighted by atomic mass is 9.89. The molecule has 5 aromatic rings. The van der Waals surface area contributed by atoms with Crippen molar-refractivity contribution >= 4 is 33.9 Å². The third-order valence-electron chi connectivity index (χ3n) is 7.62. The number of piperidine rings is 1. The first-order valence-electron chi connectivity index (χ1n) is 13.9. The molecule has 3 aromatic heterocycles. The molecule has 0 spiro atoms. The van der Waals surface area contributed by atoms with Gasteiger partial charge in [0.2, 0.25) is 0 Å². The number of fused-ring (bicyclic) bond motifs is 2. The van der Waals surface area contributed by atoms with E-state index in [1.807, 2.05) is 49.4 Å². The molecule has 12 nitrogen and oxygen atoms in total. The first-order chi connectivity index (χ1) is 20.4. The number of aromatic amines is 2. The lowest BCUT2D eigenvalue weighted by molar-refractivity contribution is 0.0415. The van der Waals surface area contributed by atoms with Crippen molar-refractivity contribution in [3.8, 4) is 0 Å². The molecule has 1 aliphatic heterocycles. The third kappa shape index (κ3) is 5.47. The number of benzene rings is 2. The van der Waals surface area contributed by atoms with Gasteiger partial charge in [-0.15, -0.1) is 0 Å². The summed E-state index contributed by atoms with van der Waals surface area (Å²) in [5.41, 5.74) is 4.18. The zero-order valence-electron chi connectivity index (χ0n) is 23.3. The molecule has 1 atom stereocenters. The molecule has 1 amide bonds. The number of carbonyl (C=O) groups is 2. The largest absolute Gasteiger partial charge is 0.460 e. The van der Waals surface area contributed by atoms with Crippen molar-refractivity contribution in [3.63, 3.8) is 0 Å². The van der Waals surface area contributed by atoms with Crippen LogP contribution in [0.5, 0.6) is 0 Å². The molecule has 0 bridgehead atoms. The van der Waals surface area contributed by atoms with E-state index in [0.29, 0.717) is 25.9 Å². The van der Waals surface area contributed by atoms with E-state index in [9.17, 15) is 14.4 Å². The van der Waals surface area contributed by atoms with E-state index < -0.39 is 18.2 Å². The Morgan fingerprint density at radius 1 is 1.14 bits per heavy atom. The molecule has 42 heavy (non-hydrogen) atoms. The molecule has 0 aliphatic carbocycles. The summed E-state index contributed by atoms with van der Waals surface area (Å²) in [6, 6.07) is 13.5. The fourth-order valence-electron chi connectivity index (χ4n) is 5.51. The number of likely N-dealkylation sites (tertiary alicyclic amines) is 1. The number of carbonyl (C=O) groups excluding carboxylic acids is 2. The van der Waals surface area contributed by atoms with Crippen molar-refractivity contribution in [3.05, 3.63) is 87.4 Å². The van der Waals surface area contributed by atoms with E-state index in [2.05, 4.69) is 25.3 Å². The molecule has 0 radical (unpaired) electrons. The molecular weight excluding hydrogens is 540 g/mol. The van der Waals surface area contributed by atoms with E-state index in [1.165, 1.54) is 0 Å². The van der Waals surface area contributed by atoms with Gasteiger partial charge >= 0.3 is 12.1 Å². The molecule has 1 aliphatic rings. The number of pyridine rings is 1. The van der Waals surface area contributed by atoms with Crippen LogP contribution < -0.4 is 5.56 Å². The molecule has 2 aromatic carbocycles. The fourth-order valence-corrected chi connectivity index (χ4v) is 5.51. The molecule has 12 heteroatoms. The SMILES string of the molecule is CCOC(=O)c1noc(C(Cc2cc(C)c3[nH]ncc3c2)OC(=O)N2CCC(c3cc4ccccc4[nH]c3=O)CC2)n1. The van der Waals surface area contributed by atoms with Crippen LogP contribution in [0.15, 0.2) is 58.0 Å². The lowest BCUT2D eigenvalue weighted by Crippen LogP contribution is -2.39. The van der Waals surface area contributed by atoms with Crippen LogP contribution in [0.25, 0.3) is 21.8 Å². The van der Waals surface area contributed by atoms with Crippen LogP contribution in [0.1, 0.15) is 65.0 Å². The van der Waals surface area contributed by atoms with Crippen LogP contribution in [-0.4, -0.2) is 62.0 Å². The number of rotatable bonds is 7. The van der Waals surface area contributed by atoms with E-state index in [4.69, 9.17) is 14.0 Å². The second kappa shape index (κ2) is 11.5. The Bertz CT molecular complexity index is 1820. The zero-order valence-corrected chi connectivity index (χ0v) is 23.3. The fraction of sp³-hybridized carbons (Fsp3) is 0.333. The van der Waals surface area contributed by atoms with Gasteiger partial charge in [-0.25, -0.2) is 9.59 Å². The van der Waals surface area contributed by atoms with Crippen LogP contribution in [0, 0.1) is 6.92 Å². The second-order valence-electron chi connectivity index (χ2n) is 10.4. The van der Waals surface area contributed by atoms with Gasteiger partial charge in [0.15, 0.2) is 6.10 Å². The van der Waals surface area contributed by atoms with Crippen LogP contribution >= 0.6 is 0 Å². The molecule has 2 N–H and O–H groups in total. The van der Waals surface area contributed by atoms with Gasteiger partial charge in [-0.2, -0.15) is 10.1 Å². The molecule has 6 rings (SSSR count). The average molecular weight is 571 g/mol. The first-order valence-corrected chi connectivity index (χ1v) is 13.9. The maximum Gasteiger partial charge on any atom is 0.410 e. The van der Waals surface area contributed by atoms with Gasteiger partial charge in [-0.3, -0.25) is 9.89 Å². The summed E-state index contributed by atoms with van der Waals surface area (Å²) in [5, 5.41) is 12.7. The number of amides is 1. The van der Waals surface area contributed by atoms with E-state index in [-0.39, 0.29) is 36.2 Å². The predicted octanol–water partition coefficient (Wildman–Crippen LogP) is 4.57. The van der Waals surface area contributed by atoms with Gasteiger partial charge in [-0.05, 0) is 72.5 Å². The van der Waals surface area contributed by atoms with Crippen LogP contribution in [0.3, 0.4) is 0 Å². The Kier molecular flexibility index (Phi) is 7.43. The number of aromatic nitrogens is 5. The zero-order chi connectivity index (χ0) is 29.2. The van der Waals surface area contributed by atoms with Crippen molar-refractivity contribution in [1.29, 1.82) is 0 Å². The van der Waals surface area contributed by atoms with Crippen molar-refractivity contribution < 1.29 is 23.6 Å². The summed E-state index contributed by atoms with van der Waals surface area (Å²) >= 11 is 0. The van der Waals surface area contributed by atoms with Crippen molar-refractivity contribution in [2.24, 2.45) is 0 Å². The molecule has 1 fully saturated rings. The Hall–Kier alpha value is -5.00. The summed E-state index contributed by atoms with van der Waals surface area (Å²) in [6.07, 6.45) is 1.71. The van der Waals surface area contributed by atoms with Gasteiger partial charge in [-0.1, -0.05) is 24.3 Å². The van der Waals surface area contributed by atoms with Gasteiger partial charge in [0, 0.05) is 36.0 Å². The number of nitrogens with one attached hydrogen (secondary N) is 2. The van der Waals surface area contributed by atoms with E-state index in [0.717, 1.165) is 38.5 Å². The number of esters is 1. The smallest absolute Gasteiger partial charge is 0.410 e. The number of ether oxygens (including phenoxy) is 2. The number of nitrogens with zero attached hydrogens (tertiary/aromatic N) is 4. The Balaban J connectivity index is 1.19. The normalized spacial score (nSPS) is 14.8. The Morgan fingerprint density at radius 3 is 2.76 bits per heavy atom. The number of para-hydroxylation sites is 1. The van der Waals surface area contributed by atoms with Crippen molar-refractivity contribution in [2.75, 3.05) is 19.7 Å². The molecule has 1 saturated heterocycles. The molecule has 1 unspecified atom stereocenters. The topological polar surface area (TPSA) is 156 Å². The van der Waals surface area contributed by atoms with Gasteiger partial charge < -0.3 is 23.9 Å². The summed E-state index contributed by atoms with van der Waals surface area (Å²) in [7, 11) is 0. The van der Waals surface area contributed by atoms with E-state index >= 15 is 0 Å². The van der Waals surface area contributed by atoms with Gasteiger partial charge in [0.05, 0.1) is 18.3 Å². The summed E-state index contributed by atoms with van der Waals surface area (Å²) in [6.45, 7) is 4.63. The molecular formula is C30H30N6O6. The van der Waals surface area contributed by atoms with Gasteiger partial charge in [0.25, 0.3) is 17.3 Å². The monoisotopic (exact) mass is 570 g/mol. The second-order valence-corrected chi connectivity index (χ2v) is 10.4. The minimum atomic E-state index is -0.946. The van der Waals surface area contributed by atoms with Crippen LogP contribution in [0.4, 0.5) is 4.79 Å².